The van der Waals surface area contributed by atoms with E-state index < -0.39 is 17.8 Å². The van der Waals surface area contributed by atoms with Crippen LogP contribution in [0.4, 0.5) is 4.39 Å². The Hall–Kier alpha value is -1.69. The monoisotopic (exact) mass is 444 g/mol. The van der Waals surface area contributed by atoms with Gasteiger partial charge in [0.2, 0.25) is 0 Å². The Balaban J connectivity index is 0.000000501. The molecule has 0 aliphatic rings. The van der Waals surface area contributed by atoms with Crippen molar-refractivity contribution >= 4 is 33.9 Å². The number of carboxylic acids is 2. The third-order valence-corrected chi connectivity index (χ3v) is 4.36. The van der Waals surface area contributed by atoms with E-state index in [1.165, 1.54) is 63.2 Å². The number of halogens is 2. The average Bonchev–Trinajstić information content (AvgIpc) is 2.60. The van der Waals surface area contributed by atoms with Crippen LogP contribution in [0.15, 0.2) is 28.7 Å². The van der Waals surface area contributed by atoms with Crippen molar-refractivity contribution < 1.29 is 24.2 Å². The van der Waals surface area contributed by atoms with E-state index in [0.29, 0.717) is 10.9 Å². The lowest BCUT2D eigenvalue weighted by Crippen LogP contribution is -1.93. The zero-order valence-corrected chi connectivity index (χ0v) is 17.5. The summed E-state index contributed by atoms with van der Waals surface area (Å²) in [6.07, 6.45) is 13.6. The van der Waals surface area contributed by atoms with Crippen LogP contribution in [0.5, 0.6) is 0 Å². The summed E-state index contributed by atoms with van der Waals surface area (Å²) in [5.74, 6) is -2.21. The van der Waals surface area contributed by atoms with Gasteiger partial charge in [0.15, 0.2) is 0 Å². The van der Waals surface area contributed by atoms with Crippen molar-refractivity contribution in [1.29, 1.82) is 0 Å². The van der Waals surface area contributed by atoms with Gasteiger partial charge in [-0.15, -0.1) is 0 Å². The van der Waals surface area contributed by atoms with Crippen molar-refractivity contribution in [3.8, 4) is 0 Å². The van der Waals surface area contributed by atoms with Gasteiger partial charge in [0.25, 0.3) is 0 Å². The minimum absolute atomic E-state index is 0.255. The van der Waals surface area contributed by atoms with E-state index in [2.05, 4.69) is 22.9 Å². The smallest absolute Gasteiger partial charge is 0.328 e. The molecule has 0 aliphatic heterocycles. The lowest BCUT2D eigenvalue weighted by molar-refractivity contribution is -0.137. The highest BCUT2D eigenvalue weighted by molar-refractivity contribution is 9.10. The quantitative estimate of drug-likeness (QED) is 0.278. The lowest BCUT2D eigenvalue weighted by atomic mass is 10.1. The maximum atomic E-state index is 13.0. The Kier molecular flexibility index (Phi) is 15.4. The van der Waals surface area contributed by atoms with Crippen LogP contribution >= 0.6 is 15.9 Å². The van der Waals surface area contributed by atoms with Gasteiger partial charge in [-0.25, -0.2) is 9.18 Å². The van der Waals surface area contributed by atoms with E-state index in [0.717, 1.165) is 18.9 Å². The van der Waals surface area contributed by atoms with Crippen LogP contribution in [-0.2, 0) is 9.59 Å². The van der Waals surface area contributed by atoms with Crippen molar-refractivity contribution in [2.24, 2.45) is 0 Å². The minimum atomic E-state index is -1.10. The van der Waals surface area contributed by atoms with Crippen LogP contribution in [0.25, 0.3) is 6.08 Å². The number of aliphatic carboxylic acids is 2. The van der Waals surface area contributed by atoms with E-state index in [-0.39, 0.29) is 5.56 Å². The molecule has 0 amide bonds. The first kappa shape index (κ1) is 25.3. The Bertz CT molecular complexity index is 588. The molecule has 0 heterocycles. The highest BCUT2D eigenvalue weighted by Gasteiger charge is 1.99. The fourth-order valence-electron chi connectivity index (χ4n) is 2.38. The molecule has 6 heteroatoms. The Labute approximate surface area is 169 Å². The molecular formula is C21H30BrFO4. The molecule has 0 spiro atoms. The van der Waals surface area contributed by atoms with Crippen LogP contribution in [0.3, 0.4) is 0 Å². The number of hydrogen-bond acceptors (Lipinski definition) is 2. The first-order valence-corrected chi connectivity index (χ1v) is 10.2. The van der Waals surface area contributed by atoms with E-state index in [1.54, 1.807) is 6.07 Å². The molecule has 27 heavy (non-hydrogen) atoms. The first-order valence-electron chi connectivity index (χ1n) is 9.44. The van der Waals surface area contributed by atoms with Crippen LogP contribution < -0.4 is 0 Å². The van der Waals surface area contributed by atoms with Gasteiger partial charge in [-0.1, -0.05) is 80.3 Å². The number of rotatable bonds is 12. The summed E-state index contributed by atoms with van der Waals surface area (Å²) in [5, 5.41) is 16.7. The maximum absolute atomic E-state index is 13.0. The summed E-state index contributed by atoms with van der Waals surface area (Å²) < 4.78 is 13.6. The highest BCUT2D eigenvalue weighted by atomic mass is 79.9. The van der Waals surface area contributed by atoms with E-state index in [4.69, 9.17) is 10.2 Å². The van der Waals surface area contributed by atoms with Crippen LogP contribution in [0.2, 0.25) is 0 Å². The van der Waals surface area contributed by atoms with E-state index >= 15 is 0 Å². The summed E-state index contributed by atoms with van der Waals surface area (Å²) >= 11 is 3.10. The zero-order chi connectivity index (χ0) is 20.5. The molecule has 4 nitrogen and oxygen atoms in total. The number of unbranched alkanes of at least 4 members (excludes halogenated alkanes) is 8. The fourth-order valence-corrected chi connectivity index (χ4v) is 2.72. The molecule has 1 rings (SSSR count). The molecule has 1 aromatic carbocycles. The predicted molar refractivity (Wildman–Crippen MR) is 110 cm³/mol. The number of hydrogen-bond donors (Lipinski definition) is 2. The van der Waals surface area contributed by atoms with Crippen LogP contribution in [-0.4, -0.2) is 22.2 Å². The average molecular weight is 445 g/mol. The molecule has 0 saturated carbocycles. The largest absolute Gasteiger partial charge is 0.481 e. The topological polar surface area (TPSA) is 74.6 Å². The molecule has 0 unspecified atom stereocenters. The van der Waals surface area contributed by atoms with Crippen LogP contribution in [0.1, 0.15) is 76.7 Å². The third-order valence-electron chi connectivity index (χ3n) is 3.86. The molecule has 2 N–H and O–H groups in total. The summed E-state index contributed by atoms with van der Waals surface area (Å²) in [5.41, 5.74) is 0.255. The van der Waals surface area contributed by atoms with Gasteiger partial charge in [-0.3, -0.25) is 4.79 Å². The van der Waals surface area contributed by atoms with Gasteiger partial charge in [0, 0.05) is 22.5 Å². The molecule has 0 bridgehead atoms. The van der Waals surface area contributed by atoms with Gasteiger partial charge in [-0.2, -0.15) is 0 Å². The van der Waals surface area contributed by atoms with Gasteiger partial charge in [0.1, 0.15) is 5.82 Å². The first-order chi connectivity index (χ1) is 12.9. The Morgan fingerprint density at radius 3 is 2.04 bits per heavy atom. The van der Waals surface area contributed by atoms with Gasteiger partial charge >= 0.3 is 11.9 Å². The van der Waals surface area contributed by atoms with E-state index in [9.17, 15) is 14.0 Å². The van der Waals surface area contributed by atoms with Crippen molar-refractivity contribution in [2.75, 3.05) is 0 Å². The molecule has 0 radical (unpaired) electrons. The molecule has 0 saturated heterocycles. The predicted octanol–water partition coefficient (Wildman–Crippen LogP) is 6.68. The molecule has 1 aromatic rings. The Morgan fingerprint density at radius 1 is 1.00 bits per heavy atom. The molecule has 0 aromatic heterocycles. The normalized spacial score (nSPS) is 10.5. The van der Waals surface area contributed by atoms with Crippen molar-refractivity contribution in [3.63, 3.8) is 0 Å². The molecule has 152 valence electrons. The van der Waals surface area contributed by atoms with Crippen LogP contribution in [0, 0.1) is 5.82 Å². The highest BCUT2D eigenvalue weighted by Crippen LogP contribution is 2.16. The standard InChI is InChI=1S/C12H24O2.C9H6BrFO2/c1-2-3-4-5-6-7-8-9-10-11-12(13)14;10-7-3-1-6(8(11)5-7)2-4-9(12)13/h2-11H2,1H3,(H,13,14);1-5H,(H,12,13). The SMILES string of the molecule is CCCCCCCCCCCC(=O)O.O=C(O)C=Cc1ccc(Br)cc1F. The minimum Gasteiger partial charge on any atom is -0.481 e. The number of benzene rings is 1. The number of carbonyl (C=O) groups is 2. The Morgan fingerprint density at radius 2 is 1.56 bits per heavy atom. The third kappa shape index (κ3) is 16.2. The molecule has 0 atom stereocenters. The summed E-state index contributed by atoms with van der Waals surface area (Å²) in [4.78, 5) is 20.3. The fraction of sp³-hybridized carbons (Fsp3) is 0.524. The summed E-state index contributed by atoms with van der Waals surface area (Å²) in [7, 11) is 0. The van der Waals surface area contributed by atoms with E-state index in [1.807, 2.05) is 0 Å². The summed E-state index contributed by atoms with van der Waals surface area (Å²) in [6, 6.07) is 4.42. The second kappa shape index (κ2) is 16.5. The number of carboxylic acid groups (broad SMARTS) is 2. The molecular weight excluding hydrogens is 415 g/mol. The second-order valence-corrected chi connectivity index (χ2v) is 7.23. The maximum Gasteiger partial charge on any atom is 0.328 e. The lowest BCUT2D eigenvalue weighted by Gasteiger charge is -2.00. The van der Waals surface area contributed by atoms with Crippen molar-refractivity contribution in [3.05, 3.63) is 40.1 Å². The second-order valence-electron chi connectivity index (χ2n) is 6.31. The van der Waals surface area contributed by atoms with Crippen molar-refractivity contribution in [2.45, 2.75) is 71.1 Å². The summed E-state index contributed by atoms with van der Waals surface area (Å²) in [6.45, 7) is 2.23. The van der Waals surface area contributed by atoms with Crippen molar-refractivity contribution in [1.82, 2.24) is 0 Å². The molecule has 0 aliphatic carbocycles. The zero-order valence-electron chi connectivity index (χ0n) is 15.9. The van der Waals surface area contributed by atoms with Gasteiger partial charge in [0.05, 0.1) is 0 Å². The molecule has 0 fully saturated rings. The van der Waals surface area contributed by atoms with Gasteiger partial charge in [-0.05, 0) is 24.6 Å². The van der Waals surface area contributed by atoms with Gasteiger partial charge < -0.3 is 10.2 Å².